The number of hydrogen-bond acceptors (Lipinski definition) is 3. The highest BCUT2D eigenvalue weighted by Gasteiger charge is 2.27. The molecule has 0 aromatic heterocycles. The molecule has 1 aromatic carbocycles. The van der Waals surface area contributed by atoms with Gasteiger partial charge in [0.1, 0.15) is 0 Å². The molecule has 1 aromatic rings. The molecule has 20 heavy (non-hydrogen) atoms. The predicted molar refractivity (Wildman–Crippen MR) is 76.7 cm³/mol. The summed E-state index contributed by atoms with van der Waals surface area (Å²) in [6, 6.07) is 6.00. The van der Waals surface area contributed by atoms with E-state index >= 15 is 0 Å². The number of sulfonamides is 1. The lowest BCUT2D eigenvalue weighted by molar-refractivity contribution is 0.0588. The fraction of sp³-hybridized carbons (Fsp3) is 0.500. The molecule has 2 unspecified atom stereocenters. The second kappa shape index (κ2) is 5.54. The van der Waals surface area contributed by atoms with Gasteiger partial charge in [0.05, 0.1) is 4.90 Å². The van der Waals surface area contributed by atoms with Crippen LogP contribution in [0.2, 0.25) is 0 Å². The molecule has 5 nitrogen and oxygen atoms in total. The molecular weight excluding hydrogens is 276 g/mol. The molecule has 0 aliphatic carbocycles. The van der Waals surface area contributed by atoms with Gasteiger partial charge in [-0.1, -0.05) is 6.92 Å². The fourth-order valence-electron chi connectivity index (χ4n) is 2.66. The maximum absolute atomic E-state index is 12.4. The summed E-state index contributed by atoms with van der Waals surface area (Å²) in [5.74, 6) is 0.587. The van der Waals surface area contributed by atoms with Crippen molar-refractivity contribution in [2.24, 2.45) is 11.1 Å². The number of rotatable bonds is 2. The maximum Gasteiger partial charge on any atom is 0.254 e. The summed E-state index contributed by atoms with van der Waals surface area (Å²) in [7, 11) is -3.71. The number of nitrogens with zero attached hydrogens (tertiary/aromatic N) is 1. The Bertz CT molecular complexity index is 595. The molecule has 1 saturated heterocycles. The van der Waals surface area contributed by atoms with E-state index in [2.05, 4.69) is 6.92 Å². The molecule has 1 aliphatic heterocycles. The number of carbonyl (C=O) groups is 1. The highest BCUT2D eigenvalue weighted by Crippen LogP contribution is 2.24. The van der Waals surface area contributed by atoms with Crippen LogP contribution in [0.25, 0.3) is 0 Å². The lowest BCUT2D eigenvalue weighted by Crippen LogP contribution is -2.44. The zero-order valence-electron chi connectivity index (χ0n) is 11.7. The Morgan fingerprint density at radius 2 is 1.85 bits per heavy atom. The second-order valence-corrected chi connectivity index (χ2v) is 7.11. The second-order valence-electron chi connectivity index (χ2n) is 5.55. The van der Waals surface area contributed by atoms with E-state index in [0.717, 1.165) is 19.4 Å². The third-order valence-corrected chi connectivity index (χ3v) is 4.76. The smallest absolute Gasteiger partial charge is 0.254 e. The Balaban J connectivity index is 2.17. The van der Waals surface area contributed by atoms with Gasteiger partial charge in [-0.15, -0.1) is 0 Å². The summed E-state index contributed by atoms with van der Waals surface area (Å²) in [6.45, 7) is 4.99. The molecule has 1 aliphatic rings. The number of carbonyl (C=O) groups excluding carboxylic acids is 1. The highest BCUT2D eigenvalue weighted by molar-refractivity contribution is 7.89. The van der Waals surface area contributed by atoms with Gasteiger partial charge < -0.3 is 4.90 Å². The molecule has 6 heteroatoms. The van der Waals surface area contributed by atoms with Crippen LogP contribution in [0.1, 0.15) is 37.0 Å². The van der Waals surface area contributed by atoms with Crippen molar-refractivity contribution >= 4 is 15.9 Å². The number of amides is 1. The number of nitrogens with two attached hydrogens (primary N) is 1. The van der Waals surface area contributed by atoms with Crippen LogP contribution in [0.4, 0.5) is 0 Å². The first-order chi connectivity index (χ1) is 9.29. The van der Waals surface area contributed by atoms with Crippen LogP contribution in [-0.2, 0) is 10.0 Å². The van der Waals surface area contributed by atoms with Gasteiger partial charge in [-0.05, 0) is 49.9 Å². The van der Waals surface area contributed by atoms with Crippen LogP contribution in [0.5, 0.6) is 0 Å². The topological polar surface area (TPSA) is 80.5 Å². The highest BCUT2D eigenvalue weighted by atomic mass is 32.2. The third kappa shape index (κ3) is 3.19. The van der Waals surface area contributed by atoms with Crippen molar-refractivity contribution in [3.8, 4) is 0 Å². The van der Waals surface area contributed by atoms with E-state index in [1.165, 1.54) is 24.3 Å². The quantitative estimate of drug-likeness (QED) is 0.900. The lowest BCUT2D eigenvalue weighted by Gasteiger charge is -2.36. The number of hydrogen-bond donors (Lipinski definition) is 1. The van der Waals surface area contributed by atoms with Gasteiger partial charge >= 0.3 is 0 Å². The first-order valence-electron chi connectivity index (χ1n) is 6.73. The minimum Gasteiger partial charge on any atom is -0.336 e. The number of primary sulfonamides is 1. The number of likely N-dealkylation sites (tertiary alicyclic amines) is 1. The monoisotopic (exact) mass is 296 g/mol. The van der Waals surface area contributed by atoms with Crippen LogP contribution in [0, 0.1) is 5.92 Å². The number of benzene rings is 1. The van der Waals surface area contributed by atoms with Gasteiger partial charge in [-0.25, -0.2) is 13.6 Å². The number of piperidine rings is 1. The molecule has 110 valence electrons. The van der Waals surface area contributed by atoms with Crippen molar-refractivity contribution in [2.75, 3.05) is 6.54 Å². The summed E-state index contributed by atoms with van der Waals surface area (Å²) in [5, 5.41) is 5.04. The molecule has 0 spiro atoms. The molecule has 0 radical (unpaired) electrons. The molecule has 0 saturated carbocycles. The third-order valence-electron chi connectivity index (χ3n) is 3.83. The standard InChI is InChI=1S/C14H20N2O3S/c1-10-7-8-16(11(2)9-10)14(17)12-3-5-13(6-4-12)20(15,18)19/h3-6,10-11H,7-9H2,1-2H3,(H2,15,18,19). The van der Waals surface area contributed by atoms with Crippen molar-refractivity contribution in [1.29, 1.82) is 0 Å². The Kier molecular flexibility index (Phi) is 4.15. The van der Waals surface area contributed by atoms with Crippen LogP contribution < -0.4 is 5.14 Å². The largest absolute Gasteiger partial charge is 0.336 e. The van der Waals surface area contributed by atoms with E-state index in [4.69, 9.17) is 5.14 Å². The fourth-order valence-corrected chi connectivity index (χ4v) is 3.18. The first-order valence-corrected chi connectivity index (χ1v) is 8.27. The van der Waals surface area contributed by atoms with E-state index in [0.29, 0.717) is 11.5 Å². The molecule has 1 heterocycles. The molecule has 1 amide bonds. The van der Waals surface area contributed by atoms with E-state index in [1.807, 2.05) is 11.8 Å². The SMILES string of the molecule is CC1CCN(C(=O)c2ccc(S(N)(=O)=O)cc2)C(C)C1. The molecule has 2 rings (SSSR count). The van der Waals surface area contributed by atoms with Gasteiger partial charge in [0.2, 0.25) is 10.0 Å². The van der Waals surface area contributed by atoms with Crippen LogP contribution >= 0.6 is 0 Å². The zero-order valence-corrected chi connectivity index (χ0v) is 12.6. The first kappa shape index (κ1) is 15.0. The van der Waals surface area contributed by atoms with E-state index < -0.39 is 10.0 Å². The Morgan fingerprint density at radius 3 is 2.35 bits per heavy atom. The Morgan fingerprint density at radius 1 is 1.25 bits per heavy atom. The minimum atomic E-state index is -3.71. The van der Waals surface area contributed by atoms with Crippen molar-refractivity contribution in [2.45, 2.75) is 37.6 Å². The van der Waals surface area contributed by atoms with Crippen molar-refractivity contribution in [3.05, 3.63) is 29.8 Å². The van der Waals surface area contributed by atoms with E-state index in [9.17, 15) is 13.2 Å². The average molecular weight is 296 g/mol. The molecular formula is C14H20N2O3S. The molecule has 1 fully saturated rings. The summed E-state index contributed by atoms with van der Waals surface area (Å²) >= 11 is 0. The zero-order chi connectivity index (χ0) is 14.9. The molecule has 0 bridgehead atoms. The van der Waals surface area contributed by atoms with Crippen LogP contribution in [-0.4, -0.2) is 31.8 Å². The van der Waals surface area contributed by atoms with Gasteiger partial charge in [0.25, 0.3) is 5.91 Å². The summed E-state index contributed by atoms with van der Waals surface area (Å²) in [4.78, 5) is 14.3. The normalized spacial score (nSPS) is 23.6. The van der Waals surface area contributed by atoms with E-state index in [-0.39, 0.29) is 16.8 Å². The van der Waals surface area contributed by atoms with Gasteiger partial charge in [0, 0.05) is 18.2 Å². The summed E-state index contributed by atoms with van der Waals surface area (Å²) in [6.07, 6.45) is 2.01. The average Bonchev–Trinajstić information content (AvgIpc) is 2.37. The van der Waals surface area contributed by atoms with E-state index in [1.54, 1.807) is 0 Å². The van der Waals surface area contributed by atoms with Crippen LogP contribution in [0.15, 0.2) is 29.2 Å². The Labute approximate surface area is 119 Å². The molecule has 2 atom stereocenters. The maximum atomic E-state index is 12.4. The van der Waals surface area contributed by atoms with Gasteiger partial charge in [-0.3, -0.25) is 4.79 Å². The predicted octanol–water partition coefficient (Wildman–Crippen LogP) is 1.59. The Hall–Kier alpha value is -1.40. The lowest BCUT2D eigenvalue weighted by atomic mass is 9.93. The van der Waals surface area contributed by atoms with Crippen molar-refractivity contribution in [1.82, 2.24) is 4.90 Å². The summed E-state index contributed by atoms with van der Waals surface area (Å²) in [5.41, 5.74) is 0.499. The van der Waals surface area contributed by atoms with Gasteiger partial charge in [0.15, 0.2) is 0 Å². The summed E-state index contributed by atoms with van der Waals surface area (Å²) < 4.78 is 22.4. The molecule has 2 N–H and O–H groups in total. The minimum absolute atomic E-state index is 0.0226. The van der Waals surface area contributed by atoms with Gasteiger partial charge in [-0.2, -0.15) is 0 Å². The van der Waals surface area contributed by atoms with Crippen molar-refractivity contribution in [3.63, 3.8) is 0 Å². The van der Waals surface area contributed by atoms with Crippen LogP contribution in [0.3, 0.4) is 0 Å². The van der Waals surface area contributed by atoms with Crippen molar-refractivity contribution < 1.29 is 13.2 Å².